The van der Waals surface area contributed by atoms with Gasteiger partial charge in [-0.2, -0.15) is 0 Å². The quantitative estimate of drug-likeness (QED) is 0.704. The number of carbonyl (C=O) groups is 1. The molecule has 3 heteroatoms. The molecular formula is C12H16N2O. The smallest absolute Gasteiger partial charge is 0.186 e. The van der Waals surface area contributed by atoms with E-state index in [4.69, 9.17) is 0 Å². The minimum absolute atomic E-state index is 0.195. The zero-order valence-corrected chi connectivity index (χ0v) is 9.29. The Morgan fingerprint density at radius 2 is 2.20 bits per heavy atom. The van der Waals surface area contributed by atoms with Crippen molar-refractivity contribution in [2.24, 2.45) is 5.41 Å². The summed E-state index contributed by atoms with van der Waals surface area (Å²) in [6, 6.07) is 0.555. The summed E-state index contributed by atoms with van der Waals surface area (Å²) in [5, 5.41) is 0. The molecule has 0 saturated heterocycles. The van der Waals surface area contributed by atoms with E-state index in [1.165, 1.54) is 12.8 Å². The van der Waals surface area contributed by atoms with Gasteiger partial charge in [0.2, 0.25) is 0 Å². The molecule has 15 heavy (non-hydrogen) atoms. The van der Waals surface area contributed by atoms with E-state index in [2.05, 4.69) is 9.55 Å². The average Bonchev–Trinajstić information content (AvgIpc) is 2.93. The van der Waals surface area contributed by atoms with E-state index >= 15 is 0 Å². The van der Waals surface area contributed by atoms with Crippen LogP contribution in [0.4, 0.5) is 0 Å². The van der Waals surface area contributed by atoms with E-state index in [9.17, 15) is 4.79 Å². The second-order valence-corrected chi connectivity index (χ2v) is 5.39. The second kappa shape index (κ2) is 2.71. The van der Waals surface area contributed by atoms with Crippen molar-refractivity contribution in [3.8, 4) is 0 Å². The predicted octanol–water partition coefficient (Wildman–Crippen LogP) is 2.37. The minimum atomic E-state index is -0.195. The number of nitrogens with zero attached hydrogens (tertiary/aromatic N) is 2. The SMILES string of the molecule is CC1(C)CCc2ncn(C3CC3)c2C1=O. The molecule has 0 spiro atoms. The zero-order chi connectivity index (χ0) is 10.6. The Bertz CT molecular complexity index is 427. The summed E-state index contributed by atoms with van der Waals surface area (Å²) in [5.41, 5.74) is 1.72. The van der Waals surface area contributed by atoms with Gasteiger partial charge in [-0.25, -0.2) is 4.98 Å². The van der Waals surface area contributed by atoms with Crippen molar-refractivity contribution in [1.29, 1.82) is 0 Å². The van der Waals surface area contributed by atoms with E-state index < -0.39 is 0 Å². The van der Waals surface area contributed by atoms with Crippen LogP contribution >= 0.6 is 0 Å². The molecule has 0 aromatic carbocycles. The molecule has 80 valence electrons. The summed E-state index contributed by atoms with van der Waals surface area (Å²) in [7, 11) is 0. The van der Waals surface area contributed by atoms with E-state index in [1.54, 1.807) is 0 Å². The maximum absolute atomic E-state index is 12.3. The number of hydrogen-bond acceptors (Lipinski definition) is 2. The predicted molar refractivity (Wildman–Crippen MR) is 56.9 cm³/mol. The van der Waals surface area contributed by atoms with E-state index in [-0.39, 0.29) is 11.2 Å². The van der Waals surface area contributed by atoms with E-state index in [0.29, 0.717) is 6.04 Å². The highest BCUT2D eigenvalue weighted by molar-refractivity contribution is 6.00. The van der Waals surface area contributed by atoms with Crippen LogP contribution in [0.5, 0.6) is 0 Å². The molecule has 2 aliphatic carbocycles. The highest BCUT2D eigenvalue weighted by atomic mass is 16.1. The van der Waals surface area contributed by atoms with Crippen LogP contribution in [0.3, 0.4) is 0 Å². The Labute approximate surface area is 89.5 Å². The topological polar surface area (TPSA) is 34.9 Å². The first-order chi connectivity index (χ1) is 7.09. The maximum atomic E-state index is 12.3. The third-order valence-electron chi connectivity index (χ3n) is 3.63. The molecule has 1 aromatic rings. The third kappa shape index (κ3) is 1.25. The van der Waals surface area contributed by atoms with Gasteiger partial charge in [0.25, 0.3) is 0 Å². The highest BCUT2D eigenvalue weighted by Gasteiger charge is 2.39. The first-order valence-corrected chi connectivity index (χ1v) is 5.70. The van der Waals surface area contributed by atoms with Gasteiger partial charge >= 0.3 is 0 Å². The number of imidazole rings is 1. The van der Waals surface area contributed by atoms with Crippen LogP contribution in [0.1, 0.15) is 55.3 Å². The van der Waals surface area contributed by atoms with Gasteiger partial charge in [-0.15, -0.1) is 0 Å². The molecule has 2 aliphatic rings. The van der Waals surface area contributed by atoms with Gasteiger partial charge in [-0.05, 0) is 25.7 Å². The lowest BCUT2D eigenvalue weighted by Gasteiger charge is -2.28. The van der Waals surface area contributed by atoms with Gasteiger partial charge in [0, 0.05) is 11.5 Å². The molecule has 3 rings (SSSR count). The Balaban J connectivity index is 2.11. The maximum Gasteiger partial charge on any atom is 0.186 e. The first-order valence-electron chi connectivity index (χ1n) is 5.70. The normalized spacial score (nSPS) is 24.0. The lowest BCUT2D eigenvalue weighted by atomic mass is 9.77. The van der Waals surface area contributed by atoms with Crippen molar-refractivity contribution in [2.75, 3.05) is 0 Å². The molecule has 0 N–H and O–H groups in total. The average molecular weight is 204 g/mol. The van der Waals surface area contributed by atoms with Gasteiger partial charge in [0.15, 0.2) is 5.78 Å². The summed E-state index contributed by atoms with van der Waals surface area (Å²) in [5.74, 6) is 0.285. The summed E-state index contributed by atoms with van der Waals surface area (Å²) in [6.07, 6.45) is 6.16. The van der Waals surface area contributed by atoms with E-state index in [1.807, 2.05) is 20.2 Å². The van der Waals surface area contributed by atoms with Crippen LogP contribution in [-0.2, 0) is 6.42 Å². The lowest BCUT2D eigenvalue weighted by Crippen LogP contribution is -2.32. The van der Waals surface area contributed by atoms with Crippen molar-refractivity contribution >= 4 is 5.78 Å². The van der Waals surface area contributed by atoms with Crippen molar-refractivity contribution in [3.05, 3.63) is 17.7 Å². The molecule has 0 unspecified atom stereocenters. The summed E-state index contributed by atoms with van der Waals surface area (Å²) in [6.45, 7) is 4.09. The molecule has 1 fully saturated rings. The molecule has 0 amide bonds. The molecular weight excluding hydrogens is 188 g/mol. The minimum Gasteiger partial charge on any atom is -0.325 e. The fraction of sp³-hybridized carbons (Fsp3) is 0.667. The summed E-state index contributed by atoms with van der Waals surface area (Å²) < 4.78 is 2.11. The molecule has 1 aromatic heterocycles. The van der Waals surface area contributed by atoms with Crippen LogP contribution < -0.4 is 0 Å². The second-order valence-electron chi connectivity index (χ2n) is 5.39. The molecule has 0 atom stereocenters. The highest BCUT2D eigenvalue weighted by Crippen LogP contribution is 2.41. The fourth-order valence-corrected chi connectivity index (χ4v) is 2.33. The van der Waals surface area contributed by atoms with Crippen molar-refractivity contribution < 1.29 is 4.79 Å². The monoisotopic (exact) mass is 204 g/mol. The zero-order valence-electron chi connectivity index (χ0n) is 9.29. The van der Waals surface area contributed by atoms with Crippen LogP contribution in [0.2, 0.25) is 0 Å². The first kappa shape index (κ1) is 9.13. The van der Waals surface area contributed by atoms with Crippen molar-refractivity contribution in [2.45, 2.75) is 45.6 Å². The molecule has 0 aliphatic heterocycles. The Kier molecular flexibility index (Phi) is 1.65. The van der Waals surface area contributed by atoms with Crippen LogP contribution in [0.15, 0.2) is 6.33 Å². The fourth-order valence-electron chi connectivity index (χ4n) is 2.33. The third-order valence-corrected chi connectivity index (χ3v) is 3.63. The van der Waals surface area contributed by atoms with E-state index in [0.717, 1.165) is 24.2 Å². The number of aromatic nitrogens is 2. The van der Waals surface area contributed by atoms with Crippen LogP contribution in [0.25, 0.3) is 0 Å². The number of Topliss-reactive ketones (excluding diaryl/α,β-unsaturated/α-hetero) is 1. The molecule has 0 radical (unpaired) electrons. The number of aryl methyl sites for hydroxylation is 1. The number of rotatable bonds is 1. The molecule has 1 saturated carbocycles. The molecule has 0 bridgehead atoms. The Morgan fingerprint density at radius 3 is 2.87 bits per heavy atom. The number of hydrogen-bond donors (Lipinski definition) is 0. The van der Waals surface area contributed by atoms with Gasteiger partial charge in [-0.1, -0.05) is 13.8 Å². The van der Waals surface area contributed by atoms with Gasteiger partial charge < -0.3 is 4.57 Å². The molecule has 3 nitrogen and oxygen atoms in total. The van der Waals surface area contributed by atoms with Gasteiger partial charge in [0.1, 0.15) is 5.69 Å². The molecule has 1 heterocycles. The standard InChI is InChI=1S/C12H16N2O/c1-12(2)6-5-9-10(11(12)15)14(7-13-9)8-3-4-8/h7-8H,3-6H2,1-2H3. The number of fused-ring (bicyclic) bond motifs is 1. The van der Waals surface area contributed by atoms with Crippen LogP contribution in [-0.4, -0.2) is 15.3 Å². The number of ketones is 1. The Hall–Kier alpha value is -1.12. The van der Waals surface area contributed by atoms with Crippen LogP contribution in [0, 0.1) is 5.41 Å². The van der Waals surface area contributed by atoms with Crippen molar-refractivity contribution in [1.82, 2.24) is 9.55 Å². The summed E-state index contributed by atoms with van der Waals surface area (Å²) in [4.78, 5) is 16.7. The lowest BCUT2D eigenvalue weighted by molar-refractivity contribution is 0.0799. The van der Waals surface area contributed by atoms with Gasteiger partial charge in [-0.3, -0.25) is 4.79 Å². The largest absolute Gasteiger partial charge is 0.325 e. The summed E-state index contributed by atoms with van der Waals surface area (Å²) >= 11 is 0. The number of carbonyl (C=O) groups excluding carboxylic acids is 1. The van der Waals surface area contributed by atoms with Gasteiger partial charge in [0.05, 0.1) is 12.0 Å². The van der Waals surface area contributed by atoms with Crippen molar-refractivity contribution in [3.63, 3.8) is 0 Å². The Morgan fingerprint density at radius 1 is 1.47 bits per heavy atom.